The first-order valence-corrected chi connectivity index (χ1v) is 11.4. The van der Waals surface area contributed by atoms with Gasteiger partial charge in [0, 0.05) is 11.8 Å². The van der Waals surface area contributed by atoms with Crippen molar-refractivity contribution in [3.05, 3.63) is 96.2 Å². The molecule has 0 N–H and O–H groups in total. The number of aryl methyl sites for hydroxylation is 1. The molecule has 3 aromatic rings. The van der Waals surface area contributed by atoms with Gasteiger partial charge in [0.2, 0.25) is 5.88 Å². The number of hydrogen-bond acceptors (Lipinski definition) is 5. The number of hydrogen-bond donors (Lipinski definition) is 0. The van der Waals surface area contributed by atoms with Crippen molar-refractivity contribution in [2.75, 3.05) is 23.6 Å². The van der Waals surface area contributed by atoms with Crippen molar-refractivity contribution in [1.29, 1.82) is 0 Å². The van der Waals surface area contributed by atoms with E-state index in [2.05, 4.69) is 23.1 Å². The van der Waals surface area contributed by atoms with Gasteiger partial charge in [-0.15, -0.1) is 13.2 Å². The number of allylic oxidation sites excluding steroid dienone is 2. The van der Waals surface area contributed by atoms with Crippen LogP contribution in [0.3, 0.4) is 0 Å². The summed E-state index contributed by atoms with van der Waals surface area (Å²) in [5.41, 5.74) is 0.804. The summed E-state index contributed by atoms with van der Waals surface area (Å²) in [4.78, 5) is 24.7. The van der Waals surface area contributed by atoms with Gasteiger partial charge in [0.15, 0.2) is 0 Å². The molecule has 0 fully saturated rings. The van der Waals surface area contributed by atoms with E-state index < -0.39 is 23.6 Å². The standard InChI is InChI=1S/C27H24F4N4O2/c1-4-6-8-20-22(11-12-25(33-20)37-3)35-16-34(21-10-9-18(28)13-17(21)7-5-2)23-15-32-24(27(29,30)31)14-19(23)26(35)36/h4-5,9-15H,1-2,6-8,16H2,3H3. The highest BCUT2D eigenvalue weighted by molar-refractivity contribution is 6.12. The van der Waals surface area contributed by atoms with Crippen LogP contribution in [0.2, 0.25) is 0 Å². The van der Waals surface area contributed by atoms with E-state index in [1.165, 1.54) is 30.2 Å². The number of amides is 1. The topological polar surface area (TPSA) is 58.6 Å². The minimum absolute atomic E-state index is 0.0657. The lowest BCUT2D eigenvalue weighted by Crippen LogP contribution is -2.46. The quantitative estimate of drug-likeness (QED) is 0.264. The van der Waals surface area contributed by atoms with E-state index in [4.69, 9.17) is 4.74 Å². The lowest BCUT2D eigenvalue weighted by atomic mass is 10.0. The number of benzene rings is 1. The minimum atomic E-state index is -4.75. The number of alkyl halides is 3. The highest BCUT2D eigenvalue weighted by Crippen LogP contribution is 2.40. The van der Waals surface area contributed by atoms with Crippen molar-refractivity contribution < 1.29 is 27.1 Å². The van der Waals surface area contributed by atoms with Crippen LogP contribution in [0.15, 0.2) is 67.9 Å². The Labute approximate surface area is 211 Å². The molecule has 1 amide bonds. The maximum Gasteiger partial charge on any atom is 0.433 e. The van der Waals surface area contributed by atoms with E-state index >= 15 is 0 Å². The van der Waals surface area contributed by atoms with Crippen molar-refractivity contribution in [2.24, 2.45) is 0 Å². The zero-order valence-corrected chi connectivity index (χ0v) is 20.1. The SMILES string of the molecule is C=CCCc1nc(OC)ccc1N1CN(c2ccc(F)cc2CC=C)c2cnc(C(F)(F)F)cc2C1=O. The monoisotopic (exact) mass is 512 g/mol. The summed E-state index contributed by atoms with van der Waals surface area (Å²) in [6.45, 7) is 7.37. The van der Waals surface area contributed by atoms with Gasteiger partial charge in [0.05, 0.1) is 35.9 Å². The molecule has 0 bridgehead atoms. The Morgan fingerprint density at radius 3 is 2.49 bits per heavy atom. The zero-order valence-electron chi connectivity index (χ0n) is 20.1. The van der Waals surface area contributed by atoms with Crippen LogP contribution in [0.4, 0.5) is 34.6 Å². The summed E-state index contributed by atoms with van der Waals surface area (Å²) >= 11 is 0. The Kier molecular flexibility index (Phi) is 7.28. The number of carbonyl (C=O) groups is 1. The van der Waals surface area contributed by atoms with Crippen LogP contribution >= 0.6 is 0 Å². The average molecular weight is 513 g/mol. The van der Waals surface area contributed by atoms with Crippen LogP contribution in [0.1, 0.15) is 33.7 Å². The molecule has 1 aliphatic heterocycles. The van der Waals surface area contributed by atoms with Crippen molar-refractivity contribution in [1.82, 2.24) is 9.97 Å². The average Bonchev–Trinajstić information content (AvgIpc) is 2.87. The molecular formula is C27H24F4N4O2. The van der Waals surface area contributed by atoms with Crippen molar-refractivity contribution in [2.45, 2.75) is 25.4 Å². The van der Waals surface area contributed by atoms with Gasteiger partial charge in [-0.05, 0) is 55.2 Å². The Balaban J connectivity index is 1.92. The first kappa shape index (κ1) is 25.9. The van der Waals surface area contributed by atoms with Gasteiger partial charge in [-0.2, -0.15) is 13.2 Å². The molecule has 0 saturated heterocycles. The predicted molar refractivity (Wildman–Crippen MR) is 133 cm³/mol. The van der Waals surface area contributed by atoms with Gasteiger partial charge in [-0.1, -0.05) is 12.2 Å². The highest BCUT2D eigenvalue weighted by Gasteiger charge is 2.38. The fraction of sp³-hybridized carbons (Fsp3) is 0.222. The highest BCUT2D eigenvalue weighted by atomic mass is 19.4. The molecule has 0 unspecified atom stereocenters. The summed E-state index contributed by atoms with van der Waals surface area (Å²) in [6, 6.07) is 8.08. The van der Waals surface area contributed by atoms with E-state index in [9.17, 15) is 22.4 Å². The fourth-order valence-corrected chi connectivity index (χ4v) is 4.20. The molecule has 3 heterocycles. The molecule has 10 heteroatoms. The molecule has 0 atom stereocenters. The number of ether oxygens (including phenoxy) is 1. The largest absolute Gasteiger partial charge is 0.481 e. The van der Waals surface area contributed by atoms with Crippen LogP contribution in [0, 0.1) is 5.82 Å². The summed E-state index contributed by atoms with van der Waals surface area (Å²) in [7, 11) is 1.46. The number of anilines is 3. The van der Waals surface area contributed by atoms with Crippen molar-refractivity contribution >= 4 is 23.0 Å². The Hall–Kier alpha value is -4.21. The lowest BCUT2D eigenvalue weighted by molar-refractivity contribution is -0.141. The number of methoxy groups -OCH3 is 1. The fourth-order valence-electron chi connectivity index (χ4n) is 4.20. The molecule has 2 aromatic heterocycles. The molecule has 0 spiro atoms. The van der Waals surface area contributed by atoms with Crippen LogP contribution < -0.4 is 14.5 Å². The van der Waals surface area contributed by atoms with Crippen LogP contribution in [0.5, 0.6) is 5.88 Å². The third kappa shape index (κ3) is 5.18. The smallest absolute Gasteiger partial charge is 0.433 e. The van der Waals surface area contributed by atoms with E-state index in [1.807, 2.05) is 0 Å². The molecule has 192 valence electrons. The molecule has 4 rings (SSSR count). The van der Waals surface area contributed by atoms with E-state index in [0.29, 0.717) is 47.8 Å². The maximum atomic E-state index is 14.1. The zero-order chi connectivity index (χ0) is 26.7. The first-order valence-electron chi connectivity index (χ1n) is 11.4. The molecule has 6 nitrogen and oxygen atoms in total. The van der Waals surface area contributed by atoms with Gasteiger partial charge in [-0.3, -0.25) is 9.69 Å². The second kappa shape index (κ2) is 10.4. The lowest BCUT2D eigenvalue weighted by Gasteiger charge is -2.39. The number of carbonyl (C=O) groups excluding carboxylic acids is 1. The molecule has 0 radical (unpaired) electrons. The molecule has 37 heavy (non-hydrogen) atoms. The molecular weight excluding hydrogens is 488 g/mol. The predicted octanol–water partition coefficient (Wildman–Crippen LogP) is 6.25. The Morgan fingerprint density at radius 2 is 1.81 bits per heavy atom. The number of fused-ring (bicyclic) bond motifs is 1. The maximum absolute atomic E-state index is 14.1. The van der Waals surface area contributed by atoms with Crippen LogP contribution in [-0.2, 0) is 19.0 Å². The van der Waals surface area contributed by atoms with Gasteiger partial charge in [0.25, 0.3) is 5.91 Å². The number of nitrogens with zero attached hydrogens (tertiary/aromatic N) is 4. The van der Waals surface area contributed by atoms with Gasteiger partial charge >= 0.3 is 6.18 Å². The van der Waals surface area contributed by atoms with Crippen molar-refractivity contribution in [3.63, 3.8) is 0 Å². The second-order valence-electron chi connectivity index (χ2n) is 8.30. The third-order valence-corrected chi connectivity index (χ3v) is 5.93. The number of aromatic nitrogens is 2. The first-order chi connectivity index (χ1) is 17.7. The summed E-state index contributed by atoms with van der Waals surface area (Å²) in [6.07, 6.45) is 0.857. The van der Waals surface area contributed by atoms with E-state index in [1.54, 1.807) is 29.2 Å². The number of pyridine rings is 2. The minimum Gasteiger partial charge on any atom is -0.481 e. The molecule has 0 aliphatic carbocycles. The molecule has 1 aliphatic rings. The normalized spacial score (nSPS) is 13.4. The van der Waals surface area contributed by atoms with Gasteiger partial charge in [-0.25, -0.2) is 14.4 Å². The van der Waals surface area contributed by atoms with Gasteiger partial charge < -0.3 is 9.64 Å². The molecule has 0 saturated carbocycles. The molecule has 1 aromatic carbocycles. The summed E-state index contributed by atoms with van der Waals surface area (Å²) in [5.74, 6) is -0.777. The number of rotatable bonds is 8. The second-order valence-corrected chi connectivity index (χ2v) is 8.30. The van der Waals surface area contributed by atoms with Crippen molar-refractivity contribution in [3.8, 4) is 5.88 Å². The van der Waals surface area contributed by atoms with E-state index in [-0.39, 0.29) is 17.9 Å². The summed E-state index contributed by atoms with van der Waals surface area (Å²) in [5, 5.41) is 0. The summed E-state index contributed by atoms with van der Waals surface area (Å²) < 4.78 is 59.9. The van der Waals surface area contributed by atoms with Crippen LogP contribution in [0.25, 0.3) is 0 Å². The number of halogens is 4. The Bertz CT molecular complexity index is 1360. The van der Waals surface area contributed by atoms with Gasteiger partial charge in [0.1, 0.15) is 18.2 Å². The van der Waals surface area contributed by atoms with Crippen LogP contribution in [-0.4, -0.2) is 29.7 Å². The Morgan fingerprint density at radius 1 is 1.05 bits per heavy atom. The third-order valence-electron chi connectivity index (χ3n) is 5.93. The van der Waals surface area contributed by atoms with E-state index in [0.717, 1.165) is 12.3 Å².